The van der Waals surface area contributed by atoms with Crippen LogP contribution >= 0.6 is 0 Å². The van der Waals surface area contributed by atoms with E-state index in [4.69, 9.17) is 9.84 Å². The van der Waals surface area contributed by atoms with Crippen LogP contribution in [0.25, 0.3) is 10.9 Å². The highest BCUT2D eigenvalue weighted by atomic mass is 16.5. The lowest BCUT2D eigenvalue weighted by atomic mass is 10.1. The van der Waals surface area contributed by atoms with E-state index in [0.29, 0.717) is 22.3 Å². The number of nitrogens with one attached hydrogen (secondary N) is 1. The van der Waals surface area contributed by atoms with Gasteiger partial charge in [0.05, 0.1) is 19.0 Å². The lowest BCUT2D eigenvalue weighted by Gasteiger charge is -2.04. The van der Waals surface area contributed by atoms with E-state index in [2.05, 4.69) is 4.98 Å². The SMILES string of the molecule is COc1ccc2c(=O)cc(CC(=O)O)[nH]c2c1. The first-order valence-electron chi connectivity index (χ1n) is 5.02. The Labute approximate surface area is 96.7 Å². The number of rotatable bonds is 3. The van der Waals surface area contributed by atoms with Gasteiger partial charge in [-0.05, 0) is 12.1 Å². The van der Waals surface area contributed by atoms with Gasteiger partial charge in [0.2, 0.25) is 0 Å². The zero-order valence-electron chi connectivity index (χ0n) is 9.19. The Morgan fingerprint density at radius 3 is 2.82 bits per heavy atom. The van der Waals surface area contributed by atoms with E-state index in [1.54, 1.807) is 18.2 Å². The van der Waals surface area contributed by atoms with Crippen LogP contribution in [0.5, 0.6) is 5.75 Å². The van der Waals surface area contributed by atoms with Crippen molar-refractivity contribution in [2.45, 2.75) is 6.42 Å². The van der Waals surface area contributed by atoms with Crippen LogP contribution < -0.4 is 10.2 Å². The summed E-state index contributed by atoms with van der Waals surface area (Å²) in [5.74, 6) is -0.372. The van der Waals surface area contributed by atoms with E-state index in [1.165, 1.54) is 13.2 Å². The van der Waals surface area contributed by atoms with Gasteiger partial charge in [0, 0.05) is 23.2 Å². The molecule has 0 aliphatic carbocycles. The minimum absolute atomic E-state index is 0.197. The molecule has 0 saturated heterocycles. The van der Waals surface area contributed by atoms with Crippen LogP contribution in [0.3, 0.4) is 0 Å². The van der Waals surface area contributed by atoms with E-state index in [-0.39, 0.29) is 11.8 Å². The van der Waals surface area contributed by atoms with Crippen molar-refractivity contribution in [2.75, 3.05) is 7.11 Å². The molecule has 0 bridgehead atoms. The molecule has 5 nitrogen and oxygen atoms in total. The molecule has 1 aromatic heterocycles. The molecule has 0 aliphatic rings. The van der Waals surface area contributed by atoms with Crippen molar-refractivity contribution in [2.24, 2.45) is 0 Å². The summed E-state index contributed by atoms with van der Waals surface area (Å²) in [4.78, 5) is 25.2. The molecule has 0 amide bonds. The molecule has 0 saturated carbocycles. The summed E-state index contributed by atoms with van der Waals surface area (Å²) in [7, 11) is 1.53. The number of benzene rings is 1. The lowest BCUT2D eigenvalue weighted by Crippen LogP contribution is -2.09. The van der Waals surface area contributed by atoms with Gasteiger partial charge in [0.1, 0.15) is 5.75 Å². The van der Waals surface area contributed by atoms with E-state index in [0.717, 1.165) is 0 Å². The first-order valence-corrected chi connectivity index (χ1v) is 5.02. The molecular weight excluding hydrogens is 222 g/mol. The highest BCUT2D eigenvalue weighted by Crippen LogP contribution is 2.16. The minimum Gasteiger partial charge on any atom is -0.497 e. The van der Waals surface area contributed by atoms with Gasteiger partial charge in [0.15, 0.2) is 5.43 Å². The van der Waals surface area contributed by atoms with Crippen LogP contribution in [0.2, 0.25) is 0 Å². The number of hydrogen-bond donors (Lipinski definition) is 2. The average molecular weight is 233 g/mol. The summed E-state index contributed by atoms with van der Waals surface area (Å²) < 4.78 is 5.04. The van der Waals surface area contributed by atoms with Gasteiger partial charge >= 0.3 is 5.97 Å². The van der Waals surface area contributed by atoms with Crippen LogP contribution in [0.4, 0.5) is 0 Å². The summed E-state index contributed by atoms with van der Waals surface area (Å²) >= 11 is 0. The van der Waals surface area contributed by atoms with Crippen molar-refractivity contribution in [3.63, 3.8) is 0 Å². The third-order valence-corrected chi connectivity index (χ3v) is 2.43. The topological polar surface area (TPSA) is 79.4 Å². The molecule has 0 radical (unpaired) electrons. The maximum atomic E-state index is 11.7. The number of carbonyl (C=O) groups is 1. The van der Waals surface area contributed by atoms with E-state index >= 15 is 0 Å². The second kappa shape index (κ2) is 4.29. The summed E-state index contributed by atoms with van der Waals surface area (Å²) in [5, 5.41) is 9.20. The Balaban J connectivity index is 2.61. The van der Waals surface area contributed by atoms with Crippen LogP contribution in [-0.4, -0.2) is 23.2 Å². The molecule has 0 atom stereocenters. The summed E-state index contributed by atoms with van der Waals surface area (Å²) in [6, 6.07) is 6.32. The van der Waals surface area contributed by atoms with E-state index in [1.807, 2.05) is 0 Å². The van der Waals surface area contributed by atoms with E-state index < -0.39 is 5.97 Å². The molecule has 0 aliphatic heterocycles. The van der Waals surface area contributed by atoms with Crippen molar-refractivity contribution < 1.29 is 14.6 Å². The van der Waals surface area contributed by atoms with Gasteiger partial charge in [0.25, 0.3) is 0 Å². The molecule has 88 valence electrons. The second-order valence-corrected chi connectivity index (χ2v) is 3.64. The van der Waals surface area contributed by atoms with Gasteiger partial charge in [-0.3, -0.25) is 9.59 Å². The fourth-order valence-electron chi connectivity index (χ4n) is 1.67. The Bertz CT molecular complexity index is 630. The number of aromatic amines is 1. The van der Waals surface area contributed by atoms with Gasteiger partial charge in [-0.1, -0.05) is 0 Å². The number of aliphatic carboxylic acids is 1. The Morgan fingerprint density at radius 1 is 1.41 bits per heavy atom. The number of aromatic nitrogens is 1. The maximum Gasteiger partial charge on any atom is 0.309 e. The number of methoxy groups -OCH3 is 1. The maximum absolute atomic E-state index is 11.7. The summed E-state index contributed by atoms with van der Waals surface area (Å²) in [6.45, 7) is 0. The summed E-state index contributed by atoms with van der Waals surface area (Å²) in [5.41, 5.74) is 0.758. The fourth-order valence-corrected chi connectivity index (χ4v) is 1.67. The molecule has 1 aromatic carbocycles. The van der Waals surface area contributed by atoms with E-state index in [9.17, 15) is 9.59 Å². The molecule has 2 rings (SSSR count). The molecule has 0 fully saturated rings. The lowest BCUT2D eigenvalue weighted by molar-refractivity contribution is -0.136. The number of fused-ring (bicyclic) bond motifs is 1. The largest absolute Gasteiger partial charge is 0.497 e. The smallest absolute Gasteiger partial charge is 0.309 e. The molecule has 17 heavy (non-hydrogen) atoms. The third-order valence-electron chi connectivity index (χ3n) is 2.43. The van der Waals surface area contributed by atoms with Crippen molar-refractivity contribution >= 4 is 16.9 Å². The zero-order chi connectivity index (χ0) is 12.4. The number of carboxylic acid groups (broad SMARTS) is 1. The van der Waals surface area contributed by atoms with Crippen LogP contribution in [0.15, 0.2) is 29.1 Å². The highest BCUT2D eigenvalue weighted by Gasteiger charge is 2.06. The standard InChI is InChI=1S/C12H11NO4/c1-17-8-2-3-9-10(6-8)13-7(4-11(9)14)5-12(15)16/h2-4,6H,5H2,1H3,(H,13,14)(H,15,16). The molecule has 1 heterocycles. The van der Waals surface area contributed by atoms with Crippen LogP contribution in [0.1, 0.15) is 5.69 Å². The average Bonchev–Trinajstić information content (AvgIpc) is 2.27. The van der Waals surface area contributed by atoms with Crippen LogP contribution in [0, 0.1) is 0 Å². The van der Waals surface area contributed by atoms with Crippen molar-refractivity contribution in [1.29, 1.82) is 0 Å². The van der Waals surface area contributed by atoms with Crippen LogP contribution in [-0.2, 0) is 11.2 Å². The second-order valence-electron chi connectivity index (χ2n) is 3.64. The first kappa shape index (κ1) is 11.2. The Morgan fingerprint density at radius 2 is 2.18 bits per heavy atom. The monoisotopic (exact) mass is 233 g/mol. The van der Waals surface area contributed by atoms with Crippen molar-refractivity contribution in [3.05, 3.63) is 40.2 Å². The number of ether oxygens (including phenoxy) is 1. The van der Waals surface area contributed by atoms with Gasteiger partial charge in [-0.15, -0.1) is 0 Å². The predicted octanol–water partition coefficient (Wildman–Crippen LogP) is 1.16. The Hall–Kier alpha value is -2.30. The zero-order valence-corrected chi connectivity index (χ0v) is 9.19. The van der Waals surface area contributed by atoms with Crippen molar-refractivity contribution in [1.82, 2.24) is 4.98 Å². The summed E-state index contributed by atoms with van der Waals surface area (Å²) in [6.07, 6.45) is -0.206. The first-order chi connectivity index (χ1) is 8.10. The van der Waals surface area contributed by atoms with Crippen molar-refractivity contribution in [3.8, 4) is 5.75 Å². The third kappa shape index (κ3) is 2.28. The fraction of sp³-hybridized carbons (Fsp3) is 0.167. The van der Waals surface area contributed by atoms with Gasteiger partial charge in [-0.25, -0.2) is 0 Å². The normalized spacial score (nSPS) is 10.4. The molecule has 2 aromatic rings. The number of carboxylic acids is 1. The molecule has 2 N–H and O–H groups in total. The van der Waals surface area contributed by atoms with Gasteiger partial charge < -0.3 is 14.8 Å². The molecule has 0 spiro atoms. The number of H-pyrrole nitrogens is 1. The highest BCUT2D eigenvalue weighted by molar-refractivity contribution is 5.80. The van der Waals surface area contributed by atoms with Gasteiger partial charge in [-0.2, -0.15) is 0 Å². The molecule has 0 unspecified atom stereocenters. The Kier molecular flexibility index (Phi) is 2.82. The molecule has 5 heteroatoms. The number of hydrogen-bond acceptors (Lipinski definition) is 3. The predicted molar refractivity (Wildman–Crippen MR) is 62.5 cm³/mol. The quantitative estimate of drug-likeness (QED) is 0.833. The minimum atomic E-state index is -0.983. The molecular formula is C12H11NO4. The number of pyridine rings is 1.